The first kappa shape index (κ1) is 13.7. The van der Waals surface area contributed by atoms with Crippen LogP contribution in [0.3, 0.4) is 0 Å². The van der Waals surface area contributed by atoms with Crippen LogP contribution in [0.15, 0.2) is 0 Å². The number of thioether (sulfide) groups is 1. The van der Waals surface area contributed by atoms with Crippen LogP contribution in [0.2, 0.25) is 0 Å². The van der Waals surface area contributed by atoms with Crippen molar-refractivity contribution in [1.82, 2.24) is 5.32 Å². The largest absolute Gasteiger partial charge is 0.548 e. The van der Waals surface area contributed by atoms with Gasteiger partial charge in [0.2, 0.25) is 0 Å². The van der Waals surface area contributed by atoms with Gasteiger partial charge in [0.1, 0.15) is 6.17 Å². The van der Waals surface area contributed by atoms with Gasteiger partial charge in [-0.2, -0.15) is 11.8 Å². The molecular formula is C8H19N3O2S. The van der Waals surface area contributed by atoms with E-state index in [4.69, 9.17) is 5.73 Å². The molecule has 84 valence electrons. The van der Waals surface area contributed by atoms with Gasteiger partial charge in [0.15, 0.2) is 0 Å². The zero-order valence-electron chi connectivity index (χ0n) is 8.71. The van der Waals surface area contributed by atoms with Gasteiger partial charge in [-0.05, 0) is 6.92 Å². The maximum Gasteiger partial charge on any atom is 0.135 e. The summed E-state index contributed by atoms with van der Waals surface area (Å²) in [6.07, 6.45) is 0.209. The minimum absolute atomic E-state index is 0.209. The van der Waals surface area contributed by atoms with Gasteiger partial charge in [0.05, 0.1) is 11.5 Å². The number of carbonyl (C=O) groups is 1. The van der Waals surface area contributed by atoms with Crippen LogP contribution >= 0.6 is 11.8 Å². The number of rotatable bonds is 7. The van der Waals surface area contributed by atoms with Crippen molar-refractivity contribution in [2.45, 2.75) is 25.6 Å². The Bertz CT molecular complexity index is 185. The Balaban J connectivity index is 3.49. The molecule has 0 spiro atoms. The van der Waals surface area contributed by atoms with Gasteiger partial charge < -0.3 is 21.4 Å². The standard InChI is InChI=1S/C8H19N3O2S/c1-6(9)11-3-4-14-5-8(2,10)7(12)13/h6,11H,3-5,9-10H2,1-2H3,(H,12,13). The molecule has 0 aromatic heterocycles. The highest BCUT2D eigenvalue weighted by molar-refractivity contribution is 7.99. The van der Waals surface area contributed by atoms with Crippen LogP contribution in [0.25, 0.3) is 0 Å². The molecule has 0 radical (unpaired) electrons. The second kappa shape index (κ2) is 6.23. The monoisotopic (exact) mass is 221 g/mol. The predicted octanol–water partition coefficient (Wildman–Crippen LogP) is -2.64. The average Bonchev–Trinajstić information content (AvgIpc) is 2.02. The summed E-state index contributed by atoms with van der Waals surface area (Å²) >= 11 is 1.49. The van der Waals surface area contributed by atoms with E-state index in [1.54, 1.807) is 0 Å². The molecule has 5 nitrogen and oxygen atoms in total. The zero-order valence-corrected chi connectivity index (χ0v) is 9.52. The van der Waals surface area contributed by atoms with Crippen LogP contribution < -0.4 is 21.9 Å². The third-order valence-electron chi connectivity index (χ3n) is 1.61. The molecule has 2 atom stereocenters. The summed E-state index contributed by atoms with van der Waals surface area (Å²) in [5.74, 6) is -0.0221. The lowest BCUT2D eigenvalue weighted by Crippen LogP contribution is -2.66. The summed E-state index contributed by atoms with van der Waals surface area (Å²) in [7, 11) is 0. The van der Waals surface area contributed by atoms with E-state index in [-0.39, 0.29) is 6.17 Å². The quantitative estimate of drug-likeness (QED) is 0.322. The van der Waals surface area contributed by atoms with E-state index in [0.29, 0.717) is 5.75 Å². The Morgan fingerprint density at radius 2 is 2.36 bits per heavy atom. The molecule has 0 rings (SSSR count). The first-order chi connectivity index (χ1) is 6.36. The van der Waals surface area contributed by atoms with Crippen LogP contribution in [0.1, 0.15) is 13.8 Å². The highest BCUT2D eigenvalue weighted by Crippen LogP contribution is 2.08. The number of quaternary nitrogens is 1. The molecule has 0 aromatic rings. The third kappa shape index (κ3) is 6.20. The topological polar surface area (TPSA) is 106 Å². The fourth-order valence-electron chi connectivity index (χ4n) is 0.721. The summed E-state index contributed by atoms with van der Waals surface area (Å²) in [6.45, 7) is 4.23. The number of carboxylic acid groups (broad SMARTS) is 1. The molecule has 0 aromatic carbocycles. The molecular weight excluding hydrogens is 202 g/mol. The number of hydrogen-bond donors (Lipinski definition) is 3. The number of carboxylic acids is 1. The highest BCUT2D eigenvalue weighted by Gasteiger charge is 2.19. The molecule has 0 fully saturated rings. The molecule has 0 saturated carbocycles. The van der Waals surface area contributed by atoms with E-state index in [1.807, 2.05) is 6.92 Å². The molecule has 0 aliphatic rings. The van der Waals surface area contributed by atoms with Gasteiger partial charge in [0, 0.05) is 25.0 Å². The molecule has 0 amide bonds. The van der Waals surface area contributed by atoms with Crippen molar-refractivity contribution in [2.24, 2.45) is 5.73 Å². The normalized spacial score (nSPS) is 17.4. The number of aliphatic carboxylic acids is 1. The highest BCUT2D eigenvalue weighted by atomic mass is 32.2. The maximum absolute atomic E-state index is 10.5. The Morgan fingerprint density at radius 3 is 2.79 bits per heavy atom. The first-order valence-electron chi connectivity index (χ1n) is 4.51. The van der Waals surface area contributed by atoms with E-state index in [0.717, 1.165) is 12.3 Å². The van der Waals surface area contributed by atoms with Gasteiger partial charge >= 0.3 is 0 Å². The Hall–Kier alpha value is -0.300. The lowest BCUT2D eigenvalue weighted by atomic mass is 10.1. The Kier molecular flexibility index (Phi) is 6.10. The lowest BCUT2D eigenvalue weighted by Gasteiger charge is -2.25. The van der Waals surface area contributed by atoms with Gasteiger partial charge in [0.25, 0.3) is 0 Å². The Morgan fingerprint density at radius 1 is 1.79 bits per heavy atom. The van der Waals surface area contributed by atoms with Crippen molar-refractivity contribution in [3.8, 4) is 0 Å². The summed E-state index contributed by atoms with van der Waals surface area (Å²) in [5.41, 5.74) is 8.01. The van der Waals surface area contributed by atoms with Crippen molar-refractivity contribution >= 4 is 17.7 Å². The van der Waals surface area contributed by atoms with E-state index >= 15 is 0 Å². The van der Waals surface area contributed by atoms with Crippen molar-refractivity contribution in [3.63, 3.8) is 0 Å². The van der Waals surface area contributed by atoms with E-state index in [1.165, 1.54) is 18.7 Å². The summed E-state index contributed by atoms with van der Waals surface area (Å²) < 4.78 is 0. The number of carbonyl (C=O) groups excluding carboxylic acids is 1. The molecule has 0 heterocycles. The molecule has 14 heavy (non-hydrogen) atoms. The fraction of sp³-hybridized carbons (Fsp3) is 0.875. The molecule has 0 bridgehead atoms. The number of nitrogens with two attached hydrogens (primary N) is 1. The molecule has 6 heteroatoms. The average molecular weight is 221 g/mol. The van der Waals surface area contributed by atoms with Crippen molar-refractivity contribution in [1.29, 1.82) is 0 Å². The van der Waals surface area contributed by atoms with Crippen LogP contribution in [0, 0.1) is 0 Å². The minimum atomic E-state index is -1.24. The summed E-state index contributed by atoms with van der Waals surface area (Å²) in [6, 6.07) is 0. The zero-order chi connectivity index (χ0) is 11.2. The SMILES string of the molecule is CC([NH3+])NCCSCC(C)(N)C(=O)[O-]. The molecule has 0 aliphatic heterocycles. The van der Waals surface area contributed by atoms with E-state index in [9.17, 15) is 9.90 Å². The Labute approximate surface area is 88.6 Å². The van der Waals surface area contributed by atoms with Crippen LogP contribution in [-0.4, -0.2) is 35.7 Å². The molecule has 0 saturated heterocycles. The molecule has 6 N–H and O–H groups in total. The number of nitrogens with one attached hydrogen (secondary N) is 1. The summed E-state index contributed by atoms with van der Waals surface area (Å²) in [4.78, 5) is 10.5. The minimum Gasteiger partial charge on any atom is -0.548 e. The van der Waals surface area contributed by atoms with Crippen LogP contribution in [-0.2, 0) is 4.79 Å². The molecule has 0 aliphatic carbocycles. The predicted molar refractivity (Wildman–Crippen MR) is 55.3 cm³/mol. The summed E-state index contributed by atoms with van der Waals surface area (Å²) in [5, 5.41) is 13.6. The van der Waals surface area contributed by atoms with Crippen molar-refractivity contribution < 1.29 is 15.6 Å². The van der Waals surface area contributed by atoms with Gasteiger partial charge in [-0.1, -0.05) is 0 Å². The molecule has 2 unspecified atom stereocenters. The van der Waals surface area contributed by atoms with Crippen LogP contribution in [0.4, 0.5) is 0 Å². The maximum atomic E-state index is 10.5. The third-order valence-corrected chi connectivity index (χ3v) is 2.90. The fourth-order valence-corrected chi connectivity index (χ4v) is 1.67. The van der Waals surface area contributed by atoms with Crippen molar-refractivity contribution in [2.75, 3.05) is 18.1 Å². The van der Waals surface area contributed by atoms with Crippen LogP contribution in [0.5, 0.6) is 0 Å². The lowest BCUT2D eigenvalue weighted by molar-refractivity contribution is -0.422. The smallest absolute Gasteiger partial charge is 0.135 e. The second-order valence-corrected chi connectivity index (χ2v) is 4.72. The van der Waals surface area contributed by atoms with E-state index < -0.39 is 11.5 Å². The van der Waals surface area contributed by atoms with Crippen molar-refractivity contribution in [3.05, 3.63) is 0 Å². The number of hydrogen-bond acceptors (Lipinski definition) is 5. The second-order valence-electron chi connectivity index (χ2n) is 3.61. The van der Waals surface area contributed by atoms with Gasteiger partial charge in [-0.25, -0.2) is 0 Å². The first-order valence-corrected chi connectivity index (χ1v) is 5.66. The van der Waals surface area contributed by atoms with Gasteiger partial charge in [-0.3, -0.25) is 5.32 Å². The van der Waals surface area contributed by atoms with Gasteiger partial charge in [-0.15, -0.1) is 0 Å². The van der Waals surface area contributed by atoms with E-state index in [2.05, 4.69) is 11.1 Å².